The van der Waals surface area contributed by atoms with Gasteiger partial charge in [0.15, 0.2) is 5.65 Å². The molecule has 4 rings (SSSR count). The lowest BCUT2D eigenvalue weighted by Crippen LogP contribution is -2.30. The highest BCUT2D eigenvalue weighted by molar-refractivity contribution is 6.04. The molecular formula is C18H19N5O. The molecule has 1 amide bonds. The number of amides is 1. The van der Waals surface area contributed by atoms with Gasteiger partial charge in [0.25, 0.3) is 5.91 Å². The predicted molar refractivity (Wildman–Crippen MR) is 90.5 cm³/mol. The van der Waals surface area contributed by atoms with E-state index in [-0.39, 0.29) is 11.9 Å². The number of nitrogens with zero attached hydrogens (tertiary/aromatic N) is 5. The normalized spacial score (nSPS) is 17.6. The number of fused-ring (bicyclic) bond motifs is 1. The van der Waals surface area contributed by atoms with Crippen LogP contribution in [-0.2, 0) is 7.05 Å². The molecular weight excluding hydrogens is 302 g/mol. The van der Waals surface area contributed by atoms with Crippen molar-refractivity contribution in [3.05, 3.63) is 53.7 Å². The molecule has 1 aliphatic heterocycles. The van der Waals surface area contributed by atoms with Gasteiger partial charge in [-0.3, -0.25) is 9.78 Å². The van der Waals surface area contributed by atoms with E-state index < -0.39 is 0 Å². The zero-order valence-electron chi connectivity index (χ0n) is 13.8. The number of imidazole rings is 1. The molecule has 1 unspecified atom stereocenters. The highest BCUT2D eigenvalue weighted by atomic mass is 16.2. The van der Waals surface area contributed by atoms with Crippen LogP contribution in [0.3, 0.4) is 0 Å². The van der Waals surface area contributed by atoms with Crippen LogP contribution in [0.4, 0.5) is 0 Å². The summed E-state index contributed by atoms with van der Waals surface area (Å²) < 4.78 is 1.91. The molecule has 0 aromatic carbocycles. The largest absolute Gasteiger partial charge is 0.331 e. The van der Waals surface area contributed by atoms with Crippen molar-refractivity contribution >= 4 is 17.1 Å². The number of rotatable bonds is 2. The highest BCUT2D eigenvalue weighted by Gasteiger charge is 2.32. The van der Waals surface area contributed by atoms with Crippen molar-refractivity contribution in [2.45, 2.75) is 25.8 Å². The molecule has 3 aromatic rings. The molecule has 0 aliphatic carbocycles. The maximum absolute atomic E-state index is 13.2. The standard InChI is InChI=1S/C18H19N5O/c1-12-21-16-14(7-9-20-17(16)22(12)2)18(24)23-10-4-6-15(23)13-5-3-8-19-11-13/h3,5,7-9,11,15H,4,6,10H2,1-2H3. The number of aromatic nitrogens is 4. The lowest BCUT2D eigenvalue weighted by molar-refractivity contribution is 0.0737. The predicted octanol–water partition coefficient (Wildman–Crippen LogP) is 2.65. The fraction of sp³-hybridized carbons (Fsp3) is 0.333. The molecule has 0 bridgehead atoms. The SMILES string of the molecule is Cc1nc2c(C(=O)N3CCCC3c3cccnc3)ccnc2n1C. The van der Waals surface area contributed by atoms with E-state index in [9.17, 15) is 4.79 Å². The van der Waals surface area contributed by atoms with E-state index in [1.807, 2.05) is 41.8 Å². The van der Waals surface area contributed by atoms with Crippen molar-refractivity contribution in [2.75, 3.05) is 6.54 Å². The summed E-state index contributed by atoms with van der Waals surface area (Å²) in [6.07, 6.45) is 7.26. The lowest BCUT2D eigenvalue weighted by atomic mass is 10.1. The minimum Gasteiger partial charge on any atom is -0.331 e. The van der Waals surface area contributed by atoms with E-state index >= 15 is 0 Å². The maximum atomic E-state index is 13.2. The second kappa shape index (κ2) is 5.70. The number of carbonyl (C=O) groups is 1. The number of aryl methyl sites for hydroxylation is 2. The summed E-state index contributed by atoms with van der Waals surface area (Å²) in [5.74, 6) is 0.870. The van der Waals surface area contributed by atoms with E-state index in [1.165, 1.54) is 0 Å². The number of pyridine rings is 2. The molecule has 0 saturated carbocycles. The van der Waals surface area contributed by atoms with Crippen LogP contribution in [0.1, 0.15) is 40.6 Å². The third-order valence-electron chi connectivity index (χ3n) is 4.79. The molecule has 0 radical (unpaired) electrons. The van der Waals surface area contributed by atoms with Gasteiger partial charge in [0, 0.05) is 32.2 Å². The molecule has 4 heterocycles. The topological polar surface area (TPSA) is 63.9 Å². The minimum absolute atomic E-state index is 0.0202. The van der Waals surface area contributed by atoms with Crippen molar-refractivity contribution in [2.24, 2.45) is 7.05 Å². The Morgan fingerprint density at radius 1 is 1.29 bits per heavy atom. The van der Waals surface area contributed by atoms with Crippen LogP contribution >= 0.6 is 0 Å². The van der Waals surface area contributed by atoms with Gasteiger partial charge in [-0.15, -0.1) is 0 Å². The molecule has 1 atom stereocenters. The molecule has 1 aliphatic rings. The third-order valence-corrected chi connectivity index (χ3v) is 4.79. The van der Waals surface area contributed by atoms with Crippen molar-refractivity contribution in [1.29, 1.82) is 0 Å². The zero-order chi connectivity index (χ0) is 16.7. The Kier molecular flexibility index (Phi) is 3.52. The van der Waals surface area contributed by atoms with Gasteiger partial charge in [-0.2, -0.15) is 0 Å². The van der Waals surface area contributed by atoms with Crippen LogP contribution in [0.15, 0.2) is 36.8 Å². The molecule has 1 saturated heterocycles. The second-order valence-corrected chi connectivity index (χ2v) is 6.19. The number of hydrogen-bond acceptors (Lipinski definition) is 4. The van der Waals surface area contributed by atoms with Crippen molar-refractivity contribution in [1.82, 2.24) is 24.4 Å². The van der Waals surface area contributed by atoms with Crippen LogP contribution in [-0.4, -0.2) is 36.9 Å². The first kappa shape index (κ1) is 14.8. The quantitative estimate of drug-likeness (QED) is 0.728. The Morgan fingerprint density at radius 3 is 2.96 bits per heavy atom. The van der Waals surface area contributed by atoms with Gasteiger partial charge in [-0.25, -0.2) is 9.97 Å². The van der Waals surface area contributed by atoms with Gasteiger partial charge in [-0.05, 0) is 37.5 Å². The average Bonchev–Trinajstić information content (AvgIpc) is 3.21. The van der Waals surface area contributed by atoms with E-state index in [0.717, 1.165) is 36.4 Å². The van der Waals surface area contributed by atoms with Crippen LogP contribution < -0.4 is 0 Å². The van der Waals surface area contributed by atoms with E-state index in [2.05, 4.69) is 15.0 Å². The maximum Gasteiger partial charge on any atom is 0.256 e. The van der Waals surface area contributed by atoms with Crippen LogP contribution in [0.5, 0.6) is 0 Å². The summed E-state index contributed by atoms with van der Waals surface area (Å²) in [5, 5.41) is 0. The Balaban J connectivity index is 1.75. The van der Waals surface area contributed by atoms with Crippen molar-refractivity contribution < 1.29 is 4.79 Å². The third kappa shape index (κ3) is 2.26. The van der Waals surface area contributed by atoms with Gasteiger partial charge in [-0.1, -0.05) is 6.07 Å². The molecule has 6 heteroatoms. The molecule has 122 valence electrons. The van der Waals surface area contributed by atoms with Gasteiger partial charge >= 0.3 is 0 Å². The summed E-state index contributed by atoms with van der Waals surface area (Å²) in [5.41, 5.74) is 3.14. The lowest BCUT2D eigenvalue weighted by Gasteiger charge is -2.25. The summed E-state index contributed by atoms with van der Waals surface area (Å²) in [4.78, 5) is 28.2. The van der Waals surface area contributed by atoms with Crippen LogP contribution in [0.2, 0.25) is 0 Å². The fourth-order valence-electron chi connectivity index (χ4n) is 3.45. The first-order valence-electron chi connectivity index (χ1n) is 8.15. The summed E-state index contributed by atoms with van der Waals surface area (Å²) >= 11 is 0. The van der Waals surface area contributed by atoms with Crippen molar-refractivity contribution in [3.8, 4) is 0 Å². The molecule has 1 fully saturated rings. The summed E-state index contributed by atoms with van der Waals surface area (Å²) in [7, 11) is 1.92. The van der Waals surface area contributed by atoms with Gasteiger partial charge in [0.1, 0.15) is 11.3 Å². The molecule has 3 aromatic heterocycles. The zero-order valence-corrected chi connectivity index (χ0v) is 13.8. The van der Waals surface area contributed by atoms with Crippen molar-refractivity contribution in [3.63, 3.8) is 0 Å². The second-order valence-electron chi connectivity index (χ2n) is 6.19. The van der Waals surface area contributed by atoms with Gasteiger partial charge in [0.05, 0.1) is 11.6 Å². The number of hydrogen-bond donors (Lipinski definition) is 0. The Bertz CT molecular complexity index is 902. The van der Waals surface area contributed by atoms with Crippen LogP contribution in [0.25, 0.3) is 11.2 Å². The van der Waals surface area contributed by atoms with E-state index in [4.69, 9.17) is 0 Å². The highest BCUT2D eigenvalue weighted by Crippen LogP contribution is 2.33. The van der Waals surface area contributed by atoms with Crippen LogP contribution in [0, 0.1) is 6.92 Å². The van der Waals surface area contributed by atoms with E-state index in [1.54, 1.807) is 18.5 Å². The minimum atomic E-state index is 0.0202. The number of carbonyl (C=O) groups excluding carboxylic acids is 1. The number of likely N-dealkylation sites (tertiary alicyclic amines) is 1. The first-order valence-corrected chi connectivity index (χ1v) is 8.15. The monoisotopic (exact) mass is 321 g/mol. The van der Waals surface area contributed by atoms with E-state index in [0.29, 0.717) is 11.1 Å². The first-order chi connectivity index (χ1) is 11.7. The Morgan fingerprint density at radius 2 is 2.17 bits per heavy atom. The summed E-state index contributed by atoms with van der Waals surface area (Å²) in [6, 6.07) is 5.81. The smallest absolute Gasteiger partial charge is 0.256 e. The average molecular weight is 321 g/mol. The van der Waals surface area contributed by atoms with Gasteiger partial charge < -0.3 is 9.47 Å². The molecule has 6 nitrogen and oxygen atoms in total. The fourth-order valence-corrected chi connectivity index (χ4v) is 3.45. The molecule has 0 N–H and O–H groups in total. The summed E-state index contributed by atoms with van der Waals surface area (Å²) in [6.45, 7) is 2.68. The Hall–Kier alpha value is -2.76. The molecule has 24 heavy (non-hydrogen) atoms. The van der Waals surface area contributed by atoms with Gasteiger partial charge in [0.2, 0.25) is 0 Å². The molecule has 0 spiro atoms. The Labute approximate surface area is 140 Å².